The van der Waals surface area contributed by atoms with Crippen LogP contribution < -0.4 is 4.74 Å². The van der Waals surface area contributed by atoms with Gasteiger partial charge in [-0.15, -0.1) is 0 Å². The highest BCUT2D eigenvalue weighted by atomic mass is 28.4. The molecular weight excluding hydrogens is 452 g/mol. The van der Waals surface area contributed by atoms with Gasteiger partial charge in [-0.3, -0.25) is 4.79 Å². The van der Waals surface area contributed by atoms with Gasteiger partial charge in [-0.25, -0.2) is 0 Å². The van der Waals surface area contributed by atoms with Crippen LogP contribution in [0.1, 0.15) is 85.4 Å². The van der Waals surface area contributed by atoms with Crippen molar-refractivity contribution in [2.45, 2.75) is 111 Å². The molecule has 0 amide bonds. The number of carbonyl (C=O) groups is 1. The Morgan fingerprint density at radius 1 is 0.829 bits per heavy atom. The zero-order chi connectivity index (χ0) is 26.2. The number of hydrogen-bond donors (Lipinski definition) is 0. The molecule has 0 unspecified atom stereocenters. The van der Waals surface area contributed by atoms with Gasteiger partial charge in [0.2, 0.25) is 8.32 Å². The van der Waals surface area contributed by atoms with Crippen molar-refractivity contribution in [2.75, 3.05) is 0 Å². The molecule has 0 radical (unpaired) electrons. The third-order valence-corrected chi connectivity index (χ3v) is 12.6. The topological polar surface area (TPSA) is 44.8 Å². The predicted molar refractivity (Wildman–Crippen MR) is 147 cm³/mol. The molecule has 0 saturated carbocycles. The van der Waals surface area contributed by atoms with Gasteiger partial charge in [-0.2, -0.15) is 0 Å². The van der Waals surface area contributed by atoms with Gasteiger partial charge in [0.25, 0.3) is 0 Å². The first-order valence-corrected chi connectivity index (χ1v) is 15.1. The van der Waals surface area contributed by atoms with Gasteiger partial charge in [-0.1, -0.05) is 77.9 Å². The molecule has 0 aliphatic heterocycles. The fraction of sp³-hybridized carbons (Fsp3) is 0.567. The van der Waals surface area contributed by atoms with E-state index in [0.717, 1.165) is 22.4 Å². The summed E-state index contributed by atoms with van der Waals surface area (Å²) in [5, 5.41) is 0. The lowest BCUT2D eigenvalue weighted by atomic mass is 10.0. The summed E-state index contributed by atoms with van der Waals surface area (Å²) in [5.74, 6) is 0.611. The number of aryl methyl sites for hydroxylation is 1. The second kappa shape index (κ2) is 12.7. The largest absolute Gasteiger partial charge is 0.489 e. The molecule has 35 heavy (non-hydrogen) atoms. The van der Waals surface area contributed by atoms with E-state index in [-0.39, 0.29) is 5.97 Å². The second-order valence-corrected chi connectivity index (χ2v) is 16.9. The third kappa shape index (κ3) is 8.50. The molecule has 0 aliphatic rings. The molecule has 0 bridgehead atoms. The summed E-state index contributed by atoms with van der Waals surface area (Å²) in [6.45, 7) is 20.6. The zero-order valence-corrected chi connectivity index (χ0v) is 24.3. The summed E-state index contributed by atoms with van der Waals surface area (Å²) >= 11 is 0. The van der Waals surface area contributed by atoms with E-state index in [1.807, 2.05) is 45.0 Å². The Kier molecular flexibility index (Phi) is 10.6. The minimum Gasteiger partial charge on any atom is -0.489 e. The van der Waals surface area contributed by atoms with Gasteiger partial charge < -0.3 is 13.9 Å². The lowest BCUT2D eigenvalue weighted by Gasteiger charge is -2.42. The maximum atomic E-state index is 12.4. The van der Waals surface area contributed by atoms with Gasteiger partial charge in [0.15, 0.2) is 0 Å². The maximum absolute atomic E-state index is 12.4. The summed E-state index contributed by atoms with van der Waals surface area (Å²) in [6, 6.07) is 16.4. The molecule has 0 heterocycles. The van der Waals surface area contributed by atoms with Crippen LogP contribution in [0, 0.1) is 0 Å². The zero-order valence-electron chi connectivity index (χ0n) is 23.3. The van der Waals surface area contributed by atoms with E-state index in [1.54, 1.807) is 0 Å². The Labute approximate surface area is 214 Å². The molecule has 0 fully saturated rings. The fourth-order valence-electron chi connectivity index (χ4n) is 5.13. The number of esters is 1. The van der Waals surface area contributed by atoms with Crippen LogP contribution in [-0.4, -0.2) is 19.9 Å². The Bertz CT molecular complexity index is 907. The van der Waals surface area contributed by atoms with Crippen molar-refractivity contribution in [1.29, 1.82) is 0 Å². The predicted octanol–water partition coefficient (Wildman–Crippen LogP) is 8.23. The lowest BCUT2D eigenvalue weighted by molar-refractivity contribution is -0.154. The number of rotatable bonds is 12. The first-order chi connectivity index (χ1) is 16.3. The van der Waals surface area contributed by atoms with Crippen LogP contribution in [0.2, 0.25) is 16.6 Å². The maximum Gasteiger partial charge on any atom is 0.306 e. The average molecular weight is 499 g/mol. The minimum atomic E-state index is -1.97. The SMILES string of the molecule is CC(C)[Si](OCc1ccc(OCc2ccccc2)c(CCC(=O)OC(C)(C)C)c1)(C(C)C)C(C)C. The summed E-state index contributed by atoms with van der Waals surface area (Å²) in [6.07, 6.45) is 0.875. The van der Waals surface area contributed by atoms with E-state index in [0.29, 0.717) is 42.7 Å². The monoisotopic (exact) mass is 498 g/mol. The summed E-state index contributed by atoms with van der Waals surface area (Å²) in [7, 11) is -1.97. The summed E-state index contributed by atoms with van der Waals surface area (Å²) in [5.41, 5.74) is 4.35. The summed E-state index contributed by atoms with van der Waals surface area (Å²) < 4.78 is 18.5. The van der Waals surface area contributed by atoms with E-state index >= 15 is 0 Å². The van der Waals surface area contributed by atoms with Crippen molar-refractivity contribution in [2.24, 2.45) is 0 Å². The van der Waals surface area contributed by atoms with Gasteiger partial charge in [-0.05, 0) is 72.6 Å². The van der Waals surface area contributed by atoms with Crippen molar-refractivity contribution < 1.29 is 18.7 Å². The molecule has 2 rings (SSSR count). The van der Waals surface area contributed by atoms with Gasteiger partial charge in [0.1, 0.15) is 18.0 Å². The van der Waals surface area contributed by atoms with E-state index < -0.39 is 13.9 Å². The van der Waals surface area contributed by atoms with Crippen molar-refractivity contribution in [1.82, 2.24) is 0 Å². The number of hydrogen-bond acceptors (Lipinski definition) is 4. The molecule has 5 heteroatoms. The standard InChI is InChI=1S/C30H46O4Si/c1-22(2)35(23(3)4,24(5)6)33-21-26-15-17-28(32-20-25-13-11-10-12-14-25)27(19-26)16-18-29(31)34-30(7,8)9/h10-15,17,19,22-24H,16,18,20-21H2,1-9H3. The first-order valence-electron chi connectivity index (χ1n) is 13.0. The first kappa shape index (κ1) is 29.1. The quantitative estimate of drug-likeness (QED) is 0.218. The van der Waals surface area contributed by atoms with E-state index in [2.05, 4.69) is 65.8 Å². The van der Waals surface area contributed by atoms with Crippen molar-refractivity contribution in [3.05, 3.63) is 65.2 Å². The van der Waals surface area contributed by atoms with E-state index in [1.165, 1.54) is 0 Å². The Morgan fingerprint density at radius 2 is 1.43 bits per heavy atom. The third-order valence-electron chi connectivity index (χ3n) is 6.58. The van der Waals surface area contributed by atoms with Gasteiger partial charge in [0.05, 0.1) is 6.61 Å². The van der Waals surface area contributed by atoms with Crippen LogP contribution in [0.4, 0.5) is 0 Å². The normalized spacial score (nSPS) is 12.5. The summed E-state index contributed by atoms with van der Waals surface area (Å²) in [4.78, 5) is 12.4. The molecule has 0 saturated heterocycles. The number of benzene rings is 2. The van der Waals surface area contributed by atoms with Crippen LogP contribution in [0.15, 0.2) is 48.5 Å². The molecule has 0 aromatic heterocycles. The second-order valence-electron chi connectivity index (χ2n) is 11.4. The van der Waals surface area contributed by atoms with Crippen LogP contribution in [0.25, 0.3) is 0 Å². The Hall–Kier alpha value is -2.11. The molecule has 2 aromatic carbocycles. The molecule has 0 atom stereocenters. The number of carbonyl (C=O) groups excluding carboxylic acids is 1. The highest BCUT2D eigenvalue weighted by Crippen LogP contribution is 2.42. The minimum absolute atomic E-state index is 0.195. The lowest BCUT2D eigenvalue weighted by Crippen LogP contribution is -2.47. The van der Waals surface area contributed by atoms with Crippen molar-refractivity contribution >= 4 is 14.3 Å². The molecular formula is C30H46O4Si. The van der Waals surface area contributed by atoms with Crippen molar-refractivity contribution in [3.63, 3.8) is 0 Å². The molecule has 4 nitrogen and oxygen atoms in total. The van der Waals surface area contributed by atoms with Gasteiger partial charge >= 0.3 is 5.97 Å². The van der Waals surface area contributed by atoms with Crippen molar-refractivity contribution in [3.8, 4) is 5.75 Å². The smallest absolute Gasteiger partial charge is 0.306 e. The fourth-order valence-corrected chi connectivity index (χ4v) is 10.5. The molecule has 194 valence electrons. The van der Waals surface area contributed by atoms with Crippen LogP contribution >= 0.6 is 0 Å². The molecule has 0 aliphatic carbocycles. The Morgan fingerprint density at radius 3 is 1.97 bits per heavy atom. The molecule has 0 N–H and O–H groups in total. The van der Waals surface area contributed by atoms with Crippen LogP contribution in [0.5, 0.6) is 5.75 Å². The highest BCUT2D eigenvalue weighted by Gasteiger charge is 2.44. The highest BCUT2D eigenvalue weighted by molar-refractivity contribution is 6.77. The van der Waals surface area contributed by atoms with Crippen LogP contribution in [-0.2, 0) is 33.6 Å². The Balaban J connectivity index is 2.24. The number of ether oxygens (including phenoxy) is 2. The van der Waals surface area contributed by atoms with E-state index in [4.69, 9.17) is 13.9 Å². The van der Waals surface area contributed by atoms with Crippen LogP contribution in [0.3, 0.4) is 0 Å². The molecule has 2 aromatic rings. The average Bonchev–Trinajstić information content (AvgIpc) is 2.76. The van der Waals surface area contributed by atoms with E-state index in [9.17, 15) is 4.79 Å². The van der Waals surface area contributed by atoms with Gasteiger partial charge in [0, 0.05) is 6.42 Å². The molecule has 0 spiro atoms.